The number of carboxylic acid groups (broad SMARTS) is 1. The highest BCUT2D eigenvalue weighted by atomic mass is 32.2. The highest BCUT2D eigenvalue weighted by molar-refractivity contribution is 8.00. The molecule has 7 nitrogen and oxygen atoms in total. The molecule has 1 spiro atoms. The number of hydrogen-bond donors (Lipinski definition) is 1. The number of rotatable bonds is 10. The minimum Gasteiger partial charge on any atom is -0.488 e. The molecular formula is C29H34F4N2O5S2. The Hall–Kier alpha value is -2.51. The predicted octanol–water partition coefficient (Wildman–Crippen LogP) is 6.63. The molecule has 2 aromatic carbocycles. The van der Waals surface area contributed by atoms with Gasteiger partial charge in [0.25, 0.3) is 0 Å². The second-order valence-corrected chi connectivity index (χ2v) is 15.4. The van der Waals surface area contributed by atoms with Gasteiger partial charge in [0.15, 0.2) is 0 Å². The lowest BCUT2D eigenvalue weighted by Crippen LogP contribution is -2.41. The number of halogens is 4. The largest absolute Gasteiger partial charge is 0.488 e. The molecule has 0 radical (unpaired) electrons. The van der Waals surface area contributed by atoms with E-state index in [1.807, 2.05) is 0 Å². The summed E-state index contributed by atoms with van der Waals surface area (Å²) in [5.41, 5.74) is -1.83. The van der Waals surface area contributed by atoms with Crippen LogP contribution in [0.25, 0.3) is 0 Å². The highest BCUT2D eigenvalue weighted by Crippen LogP contribution is 2.64. The van der Waals surface area contributed by atoms with Gasteiger partial charge in [0.05, 0.1) is 10.6 Å². The van der Waals surface area contributed by atoms with E-state index in [0.29, 0.717) is 16.0 Å². The van der Waals surface area contributed by atoms with Crippen molar-refractivity contribution in [3.63, 3.8) is 0 Å². The van der Waals surface area contributed by atoms with Crippen LogP contribution < -0.4 is 9.64 Å². The fourth-order valence-corrected chi connectivity index (χ4v) is 8.75. The summed E-state index contributed by atoms with van der Waals surface area (Å²) in [6.45, 7) is 0.743. The first kappa shape index (κ1) is 30.9. The van der Waals surface area contributed by atoms with Gasteiger partial charge in [0.1, 0.15) is 23.1 Å². The highest BCUT2D eigenvalue weighted by Gasteiger charge is 2.53. The number of alkyl halides is 3. The molecule has 2 fully saturated rings. The molecule has 230 valence electrons. The number of thioether (sulfide) groups is 1. The number of anilines is 2. The van der Waals surface area contributed by atoms with E-state index in [1.54, 1.807) is 17.0 Å². The zero-order valence-corrected chi connectivity index (χ0v) is 25.2. The molecule has 13 heteroatoms. The van der Waals surface area contributed by atoms with Crippen LogP contribution in [0.1, 0.15) is 52.4 Å². The maximum Gasteiger partial charge on any atom is 0.344 e. The quantitative estimate of drug-likeness (QED) is 0.295. The molecule has 2 aromatic rings. The maximum absolute atomic E-state index is 14.7. The van der Waals surface area contributed by atoms with Gasteiger partial charge < -0.3 is 14.7 Å². The number of hydrogen-bond acceptors (Lipinski definition) is 6. The zero-order valence-electron chi connectivity index (χ0n) is 23.6. The van der Waals surface area contributed by atoms with Crippen molar-refractivity contribution in [3.8, 4) is 5.75 Å². The SMILES string of the molecule is CN1[C@H](CCC(C)(F)F)CN(c2cccc(F)c2)c2cc(SC3CC4(CC4)C3)c(OC[C@](C)(F)C(=O)O)cc2S1(=O)=O. The van der Waals surface area contributed by atoms with Gasteiger partial charge in [-0.2, -0.15) is 4.31 Å². The van der Waals surface area contributed by atoms with Gasteiger partial charge in [0, 0.05) is 43.1 Å². The molecule has 0 aromatic heterocycles. The Morgan fingerprint density at radius 2 is 1.86 bits per heavy atom. The van der Waals surface area contributed by atoms with Crippen LogP contribution in [0.4, 0.5) is 28.9 Å². The topological polar surface area (TPSA) is 87.2 Å². The molecule has 2 aliphatic carbocycles. The first-order valence-corrected chi connectivity index (χ1v) is 16.1. The molecule has 0 amide bonds. The Kier molecular flexibility index (Phi) is 8.02. The summed E-state index contributed by atoms with van der Waals surface area (Å²) in [6.07, 6.45) is 3.53. The van der Waals surface area contributed by atoms with Gasteiger partial charge in [-0.3, -0.25) is 0 Å². The van der Waals surface area contributed by atoms with Gasteiger partial charge in [-0.25, -0.2) is 30.8 Å². The van der Waals surface area contributed by atoms with E-state index in [2.05, 4.69) is 0 Å². The van der Waals surface area contributed by atoms with Gasteiger partial charge in [0.2, 0.25) is 21.6 Å². The number of likely N-dealkylation sites (N-methyl/N-ethyl adjacent to an activating group) is 1. The Labute approximate surface area is 247 Å². The van der Waals surface area contributed by atoms with Crippen molar-refractivity contribution < 1.29 is 40.6 Å². The van der Waals surface area contributed by atoms with Crippen molar-refractivity contribution in [2.24, 2.45) is 5.41 Å². The third-order valence-corrected chi connectivity index (χ3v) is 11.6. The molecule has 2 saturated carbocycles. The van der Waals surface area contributed by atoms with E-state index in [-0.39, 0.29) is 34.5 Å². The summed E-state index contributed by atoms with van der Waals surface area (Å²) in [5.74, 6) is -5.29. The minimum atomic E-state index is -4.31. The van der Waals surface area contributed by atoms with Crippen LogP contribution >= 0.6 is 11.8 Å². The molecule has 0 bridgehead atoms. The molecular weight excluding hydrogens is 596 g/mol. The summed E-state index contributed by atoms with van der Waals surface area (Å²) in [6, 6.07) is 7.53. The molecule has 1 heterocycles. The average Bonchev–Trinajstić information content (AvgIpc) is 3.68. The Morgan fingerprint density at radius 3 is 2.45 bits per heavy atom. The van der Waals surface area contributed by atoms with Crippen molar-refractivity contribution in [1.82, 2.24) is 4.31 Å². The number of benzene rings is 2. The lowest BCUT2D eigenvalue weighted by atomic mass is 9.81. The van der Waals surface area contributed by atoms with Crippen LogP contribution in [0.15, 0.2) is 46.2 Å². The summed E-state index contributed by atoms with van der Waals surface area (Å²) in [5, 5.41) is 9.46. The Morgan fingerprint density at radius 1 is 1.17 bits per heavy atom. The first-order chi connectivity index (χ1) is 19.5. The second kappa shape index (κ2) is 10.9. The van der Waals surface area contributed by atoms with Gasteiger partial charge in [-0.05, 0) is 75.6 Å². The third kappa shape index (κ3) is 6.37. The summed E-state index contributed by atoms with van der Waals surface area (Å²) < 4.78 is 91.5. The predicted molar refractivity (Wildman–Crippen MR) is 152 cm³/mol. The van der Waals surface area contributed by atoms with E-state index in [1.165, 1.54) is 43.1 Å². The minimum absolute atomic E-state index is 0.00957. The van der Waals surface area contributed by atoms with E-state index >= 15 is 0 Å². The molecule has 1 aliphatic heterocycles. The number of carboxylic acids is 1. The molecule has 2 atom stereocenters. The third-order valence-electron chi connectivity index (χ3n) is 8.43. The lowest BCUT2D eigenvalue weighted by Gasteiger charge is -2.36. The average molecular weight is 631 g/mol. The number of nitrogens with zero attached hydrogens (tertiary/aromatic N) is 2. The van der Waals surface area contributed by atoms with Crippen molar-refractivity contribution in [3.05, 3.63) is 42.2 Å². The molecule has 1 N–H and O–H groups in total. The van der Waals surface area contributed by atoms with E-state index in [4.69, 9.17) is 4.74 Å². The van der Waals surface area contributed by atoms with Gasteiger partial charge >= 0.3 is 5.97 Å². The molecule has 5 rings (SSSR count). The lowest BCUT2D eigenvalue weighted by molar-refractivity contribution is -0.151. The van der Waals surface area contributed by atoms with Gasteiger partial charge in [-0.1, -0.05) is 6.07 Å². The number of aliphatic carboxylic acids is 1. The standard InChI is InChI=1S/C29H34F4N2O5S2/c1-27(31,26(36)37)17-40-23-13-25-22(12-24(23)41-21-14-29(15-21)9-10-29)35(19-6-4-5-18(30)11-19)16-20(7-8-28(2,32)33)34(3)42(25,38)39/h4-6,11-13,20-21H,7-10,14-17H2,1-3H3,(H,36,37)/t20-,27+/m1/s1. The molecule has 42 heavy (non-hydrogen) atoms. The van der Waals surface area contributed by atoms with Crippen LogP contribution in [0, 0.1) is 11.2 Å². The number of fused-ring (bicyclic) bond motifs is 1. The zero-order chi connectivity index (χ0) is 30.7. The van der Waals surface area contributed by atoms with E-state index in [9.17, 15) is 35.9 Å². The van der Waals surface area contributed by atoms with Crippen LogP contribution in [0.2, 0.25) is 0 Å². The summed E-state index contributed by atoms with van der Waals surface area (Å²) in [7, 11) is -3.00. The normalized spacial score (nSPS) is 23.0. The fourth-order valence-electron chi connectivity index (χ4n) is 5.54. The monoisotopic (exact) mass is 630 g/mol. The number of ether oxygens (including phenoxy) is 1. The van der Waals surface area contributed by atoms with Crippen molar-refractivity contribution in [1.29, 1.82) is 0 Å². The Bertz CT molecular complexity index is 1470. The van der Waals surface area contributed by atoms with Crippen LogP contribution in [0.5, 0.6) is 5.75 Å². The first-order valence-electron chi connectivity index (χ1n) is 13.8. The van der Waals surface area contributed by atoms with Gasteiger partial charge in [-0.15, -0.1) is 11.8 Å². The fraction of sp³-hybridized carbons (Fsp3) is 0.552. The van der Waals surface area contributed by atoms with Crippen molar-refractivity contribution in [2.45, 2.75) is 85.0 Å². The van der Waals surface area contributed by atoms with Crippen molar-refractivity contribution in [2.75, 3.05) is 25.1 Å². The van der Waals surface area contributed by atoms with E-state index < -0.39 is 52.5 Å². The van der Waals surface area contributed by atoms with Crippen LogP contribution in [-0.4, -0.2) is 66.9 Å². The van der Waals surface area contributed by atoms with Crippen molar-refractivity contribution >= 4 is 39.1 Å². The Balaban J connectivity index is 1.62. The van der Waals surface area contributed by atoms with Crippen LogP contribution in [-0.2, 0) is 14.8 Å². The molecule has 3 aliphatic rings. The second-order valence-electron chi connectivity index (χ2n) is 12.1. The van der Waals surface area contributed by atoms with Crippen LogP contribution in [0.3, 0.4) is 0 Å². The maximum atomic E-state index is 14.7. The molecule has 0 saturated heterocycles. The smallest absolute Gasteiger partial charge is 0.344 e. The number of sulfonamides is 1. The summed E-state index contributed by atoms with van der Waals surface area (Å²) >= 11 is 1.45. The van der Waals surface area contributed by atoms with E-state index in [0.717, 1.165) is 43.8 Å². The number of carbonyl (C=O) groups is 1. The molecule has 0 unspecified atom stereocenters. The summed E-state index contributed by atoms with van der Waals surface area (Å²) in [4.78, 5) is 13.3.